The number of rotatable bonds is 10. The average molecular weight is 628 g/mol. The van der Waals surface area contributed by atoms with Gasteiger partial charge in [-0.25, -0.2) is 4.39 Å². The molecule has 0 saturated carbocycles. The van der Waals surface area contributed by atoms with Gasteiger partial charge in [-0.3, -0.25) is 9.59 Å². The molecule has 0 spiro atoms. The van der Waals surface area contributed by atoms with Crippen LogP contribution in [-0.2, 0) is 4.79 Å². The van der Waals surface area contributed by atoms with E-state index < -0.39 is 5.82 Å². The van der Waals surface area contributed by atoms with Crippen molar-refractivity contribution in [3.05, 3.63) is 118 Å². The molecule has 2 amide bonds. The number of carbonyl (C=O) groups excluding carboxylic acids is 2. The zero-order chi connectivity index (χ0) is 31.9. The van der Waals surface area contributed by atoms with Crippen molar-refractivity contribution in [3.63, 3.8) is 0 Å². The Morgan fingerprint density at radius 3 is 2.36 bits per heavy atom. The highest BCUT2D eigenvalue weighted by molar-refractivity contribution is 6.33. The van der Waals surface area contributed by atoms with Crippen LogP contribution in [0.5, 0.6) is 0 Å². The molecule has 1 aromatic heterocycles. The Bertz CT molecular complexity index is 1630. The molecule has 0 bridgehead atoms. The Labute approximate surface area is 269 Å². The molecule has 0 aliphatic carbocycles. The predicted octanol–water partition coefficient (Wildman–Crippen LogP) is 8.42. The first-order valence-electron chi connectivity index (χ1n) is 15.5. The summed E-state index contributed by atoms with van der Waals surface area (Å²) in [7, 11) is 0. The van der Waals surface area contributed by atoms with Crippen LogP contribution in [0.25, 0.3) is 17.3 Å². The van der Waals surface area contributed by atoms with Gasteiger partial charge in [0.25, 0.3) is 5.91 Å². The lowest BCUT2D eigenvalue weighted by molar-refractivity contribution is -0.134. The zero-order valence-electron chi connectivity index (χ0n) is 26.0. The van der Waals surface area contributed by atoms with E-state index in [-0.39, 0.29) is 45.5 Å². The van der Waals surface area contributed by atoms with E-state index in [1.807, 2.05) is 79.4 Å². The molecular weight excluding hydrogens is 589 g/mol. The van der Waals surface area contributed by atoms with Gasteiger partial charge in [0, 0.05) is 26.2 Å². The summed E-state index contributed by atoms with van der Waals surface area (Å²) in [5, 5.41) is 4.23. The molecule has 1 saturated heterocycles. The van der Waals surface area contributed by atoms with Crippen LogP contribution in [0, 0.1) is 18.7 Å². The van der Waals surface area contributed by atoms with Crippen molar-refractivity contribution in [2.24, 2.45) is 5.92 Å². The Hall–Kier alpha value is -4.23. The van der Waals surface area contributed by atoms with Crippen LogP contribution in [0.4, 0.5) is 4.39 Å². The Balaban J connectivity index is 1.37. The molecule has 1 aliphatic heterocycles. The molecule has 45 heavy (non-hydrogen) atoms. The van der Waals surface area contributed by atoms with Crippen LogP contribution < -0.4 is 0 Å². The second-order valence-corrected chi connectivity index (χ2v) is 12.2. The molecule has 8 heteroatoms. The van der Waals surface area contributed by atoms with Crippen LogP contribution in [-0.4, -0.2) is 52.9 Å². The lowest BCUT2D eigenvalue weighted by Gasteiger charge is -2.36. The number of aromatic nitrogens is 1. The van der Waals surface area contributed by atoms with E-state index in [0.29, 0.717) is 31.9 Å². The molecule has 234 valence electrons. The molecule has 1 atom stereocenters. The highest BCUT2D eigenvalue weighted by atomic mass is 35.5. The standard InChI is InChI=1S/C37H39ClFN3O3/c1-4-30(29-14-9-6-10-15-29)36(43)41-20-18-28(19-21-41)24-42(23-25(2)22-27-12-7-5-8-13-27)37(44)33-26(3)45-40-35(33)34-31(38)16-11-17-32(34)39/h5-17,22,28,30H,4,18-21,23-24H2,1-3H3/b25-22+. The third kappa shape index (κ3) is 7.54. The van der Waals surface area contributed by atoms with Crippen LogP contribution in [0.15, 0.2) is 89.0 Å². The van der Waals surface area contributed by atoms with Crippen LogP contribution in [0.1, 0.15) is 66.3 Å². The van der Waals surface area contributed by atoms with Crippen molar-refractivity contribution in [1.29, 1.82) is 0 Å². The van der Waals surface area contributed by atoms with Crippen molar-refractivity contribution >= 4 is 29.5 Å². The van der Waals surface area contributed by atoms with Crippen molar-refractivity contribution in [2.75, 3.05) is 26.2 Å². The minimum atomic E-state index is -0.575. The summed E-state index contributed by atoms with van der Waals surface area (Å²) in [6.07, 6.45) is 4.35. The lowest BCUT2D eigenvalue weighted by Crippen LogP contribution is -2.44. The van der Waals surface area contributed by atoms with Crippen LogP contribution in [0.2, 0.25) is 5.02 Å². The minimum Gasteiger partial charge on any atom is -0.360 e. The first kappa shape index (κ1) is 32.2. The molecule has 0 N–H and O–H groups in total. The van der Waals surface area contributed by atoms with Crippen molar-refractivity contribution in [2.45, 2.75) is 46.0 Å². The first-order chi connectivity index (χ1) is 21.8. The fourth-order valence-corrected chi connectivity index (χ4v) is 6.44. The van der Waals surface area contributed by atoms with Crippen LogP contribution in [0.3, 0.4) is 0 Å². The molecular formula is C37H39ClFN3O3. The maximum atomic E-state index is 15.0. The number of likely N-dealkylation sites (tertiary alicyclic amines) is 1. The Morgan fingerprint density at radius 2 is 1.71 bits per heavy atom. The number of halogens is 2. The Kier molecular flexibility index (Phi) is 10.5. The highest BCUT2D eigenvalue weighted by Crippen LogP contribution is 2.35. The fourth-order valence-electron chi connectivity index (χ4n) is 6.18. The van der Waals surface area contributed by atoms with E-state index in [1.165, 1.54) is 12.1 Å². The molecule has 0 radical (unpaired) electrons. The van der Waals surface area contributed by atoms with E-state index >= 15 is 0 Å². The average Bonchev–Trinajstić information content (AvgIpc) is 3.42. The first-order valence-corrected chi connectivity index (χ1v) is 15.9. The summed E-state index contributed by atoms with van der Waals surface area (Å²) in [5.74, 6) is -0.391. The monoisotopic (exact) mass is 627 g/mol. The Morgan fingerprint density at radius 1 is 1.04 bits per heavy atom. The number of carbonyl (C=O) groups is 2. The van der Waals surface area contributed by atoms with Gasteiger partial charge in [-0.1, -0.05) is 102 Å². The molecule has 3 aromatic carbocycles. The van der Waals surface area contributed by atoms with Crippen molar-refractivity contribution in [3.8, 4) is 11.3 Å². The normalized spacial score (nSPS) is 14.8. The summed E-state index contributed by atoms with van der Waals surface area (Å²) in [6.45, 7) is 7.82. The van der Waals surface area contributed by atoms with E-state index in [0.717, 1.165) is 36.0 Å². The smallest absolute Gasteiger partial charge is 0.260 e. The lowest BCUT2D eigenvalue weighted by atomic mass is 9.91. The molecule has 5 rings (SSSR count). The number of amides is 2. The third-order valence-electron chi connectivity index (χ3n) is 8.53. The van der Waals surface area contributed by atoms with E-state index in [1.54, 1.807) is 17.9 Å². The van der Waals surface area contributed by atoms with Gasteiger partial charge in [0.05, 0.1) is 16.5 Å². The second kappa shape index (κ2) is 14.7. The molecule has 2 heterocycles. The van der Waals surface area contributed by atoms with Gasteiger partial charge < -0.3 is 14.3 Å². The van der Waals surface area contributed by atoms with Gasteiger partial charge in [0.2, 0.25) is 5.91 Å². The van der Waals surface area contributed by atoms with Gasteiger partial charge in [0.15, 0.2) is 0 Å². The molecule has 1 aliphatic rings. The van der Waals surface area contributed by atoms with Gasteiger partial charge in [-0.15, -0.1) is 0 Å². The number of hydrogen-bond acceptors (Lipinski definition) is 4. The van der Waals surface area contributed by atoms with Crippen molar-refractivity contribution in [1.82, 2.24) is 15.0 Å². The molecule has 4 aromatic rings. The fraction of sp³-hybridized carbons (Fsp3) is 0.324. The summed E-state index contributed by atoms with van der Waals surface area (Å²) >= 11 is 6.38. The van der Waals surface area contributed by atoms with E-state index in [9.17, 15) is 14.0 Å². The van der Waals surface area contributed by atoms with Gasteiger partial charge in [0.1, 0.15) is 22.8 Å². The van der Waals surface area contributed by atoms with Gasteiger partial charge >= 0.3 is 0 Å². The number of piperidine rings is 1. The summed E-state index contributed by atoms with van der Waals surface area (Å²) in [5.41, 5.74) is 3.43. The van der Waals surface area contributed by atoms with Crippen LogP contribution >= 0.6 is 11.6 Å². The number of nitrogens with zero attached hydrogens (tertiary/aromatic N) is 3. The second-order valence-electron chi connectivity index (χ2n) is 11.8. The molecule has 1 fully saturated rings. The van der Waals surface area contributed by atoms with E-state index in [4.69, 9.17) is 16.1 Å². The van der Waals surface area contributed by atoms with Gasteiger partial charge in [-0.2, -0.15) is 0 Å². The zero-order valence-corrected chi connectivity index (χ0v) is 26.8. The number of aryl methyl sites for hydroxylation is 1. The largest absolute Gasteiger partial charge is 0.360 e. The van der Waals surface area contributed by atoms with Gasteiger partial charge in [-0.05, 0) is 62.3 Å². The van der Waals surface area contributed by atoms with Crippen molar-refractivity contribution < 1.29 is 18.5 Å². The topological polar surface area (TPSA) is 66.7 Å². The SMILES string of the molecule is CCC(C(=O)N1CCC(CN(C/C(C)=C/c2ccccc2)C(=O)c2c(-c3c(F)cccc3Cl)noc2C)CC1)c1ccccc1. The summed E-state index contributed by atoms with van der Waals surface area (Å²) in [4.78, 5) is 31.6. The maximum Gasteiger partial charge on any atom is 0.260 e. The highest BCUT2D eigenvalue weighted by Gasteiger charge is 2.33. The molecule has 1 unspecified atom stereocenters. The maximum absolute atomic E-state index is 15.0. The predicted molar refractivity (Wildman–Crippen MR) is 176 cm³/mol. The quantitative estimate of drug-likeness (QED) is 0.177. The number of hydrogen-bond donors (Lipinski definition) is 0. The number of benzene rings is 3. The third-order valence-corrected chi connectivity index (χ3v) is 8.84. The summed E-state index contributed by atoms with van der Waals surface area (Å²) in [6, 6.07) is 24.3. The van der Waals surface area contributed by atoms with E-state index in [2.05, 4.69) is 11.2 Å². The minimum absolute atomic E-state index is 0.0478. The molecule has 6 nitrogen and oxygen atoms in total. The summed E-state index contributed by atoms with van der Waals surface area (Å²) < 4.78 is 20.4.